The van der Waals surface area contributed by atoms with Crippen molar-refractivity contribution in [3.63, 3.8) is 0 Å². The zero-order valence-electron chi connectivity index (χ0n) is 8.97. The molecule has 0 saturated heterocycles. The van der Waals surface area contributed by atoms with Gasteiger partial charge in [0.1, 0.15) is 11.3 Å². The van der Waals surface area contributed by atoms with E-state index in [1.54, 1.807) is 0 Å². The van der Waals surface area contributed by atoms with Crippen molar-refractivity contribution >= 4 is 16.8 Å². The van der Waals surface area contributed by atoms with Crippen LogP contribution < -0.4 is 0 Å². The largest absolute Gasteiger partial charge is 0.272 e. The van der Waals surface area contributed by atoms with Gasteiger partial charge in [0.2, 0.25) is 0 Å². The van der Waals surface area contributed by atoms with Gasteiger partial charge in [-0.15, -0.1) is 0 Å². The Labute approximate surface area is 99.3 Å². The van der Waals surface area contributed by atoms with E-state index in [9.17, 15) is 4.39 Å². The summed E-state index contributed by atoms with van der Waals surface area (Å²) in [5.74, 6) is 0. The Hall–Kier alpha value is -0.890. The molecule has 1 heterocycles. The molecule has 1 aliphatic heterocycles. The lowest BCUT2D eigenvalue weighted by atomic mass is 9.83. The molecule has 1 aromatic rings. The van der Waals surface area contributed by atoms with Gasteiger partial charge in [0.15, 0.2) is 0 Å². The second kappa shape index (κ2) is 3.85. The molecule has 84 valence electrons. The van der Waals surface area contributed by atoms with E-state index in [4.69, 9.17) is 11.6 Å². The van der Waals surface area contributed by atoms with E-state index in [-0.39, 0.29) is 0 Å². The van der Waals surface area contributed by atoms with Crippen LogP contribution in [-0.2, 0) is 19.3 Å². The van der Waals surface area contributed by atoms with Crippen molar-refractivity contribution in [1.82, 2.24) is 0 Å². The van der Waals surface area contributed by atoms with Crippen molar-refractivity contribution in [2.24, 2.45) is 4.99 Å². The minimum Gasteiger partial charge on any atom is -0.272 e. The van der Waals surface area contributed by atoms with Crippen LogP contribution in [0.5, 0.6) is 0 Å². The zero-order chi connectivity index (χ0) is 11.1. The highest BCUT2D eigenvalue weighted by molar-refractivity contribution is 6.69. The van der Waals surface area contributed by atoms with Crippen LogP contribution in [0, 0.1) is 0 Å². The van der Waals surface area contributed by atoms with Crippen molar-refractivity contribution < 1.29 is 4.39 Å². The third-order valence-corrected chi connectivity index (χ3v) is 3.84. The fraction of sp³-hybridized carbons (Fsp3) is 0.462. The van der Waals surface area contributed by atoms with E-state index in [1.165, 1.54) is 16.7 Å². The maximum atomic E-state index is 13.5. The molecule has 3 heteroatoms. The average Bonchev–Trinajstić information content (AvgIpc) is 2.29. The van der Waals surface area contributed by atoms with Gasteiger partial charge in [-0.2, -0.15) is 0 Å². The number of fused-ring (bicyclic) bond motifs is 3. The first-order chi connectivity index (χ1) is 7.75. The van der Waals surface area contributed by atoms with Crippen molar-refractivity contribution in [2.45, 2.75) is 31.9 Å². The van der Waals surface area contributed by atoms with Crippen LogP contribution in [0.4, 0.5) is 4.39 Å². The van der Waals surface area contributed by atoms with E-state index in [2.05, 4.69) is 11.1 Å². The van der Waals surface area contributed by atoms with Gasteiger partial charge in [-0.25, -0.2) is 4.39 Å². The van der Waals surface area contributed by atoms with Crippen LogP contribution in [0.25, 0.3) is 0 Å². The molecule has 0 radical (unpaired) electrons. The fourth-order valence-corrected chi connectivity index (χ4v) is 2.96. The monoisotopic (exact) mass is 237 g/mol. The topological polar surface area (TPSA) is 12.4 Å². The molecular weight excluding hydrogens is 225 g/mol. The number of hydrogen-bond donors (Lipinski definition) is 0. The molecule has 1 aliphatic carbocycles. The van der Waals surface area contributed by atoms with Gasteiger partial charge in [0, 0.05) is 18.5 Å². The molecule has 1 unspecified atom stereocenters. The summed E-state index contributed by atoms with van der Waals surface area (Å²) in [4.78, 5) is 4.23. The predicted octanol–water partition coefficient (Wildman–Crippen LogP) is 3.05. The molecule has 0 spiro atoms. The molecule has 0 amide bonds. The third kappa shape index (κ3) is 1.56. The van der Waals surface area contributed by atoms with E-state index in [0.29, 0.717) is 18.0 Å². The Kier molecular flexibility index (Phi) is 2.47. The van der Waals surface area contributed by atoms with Crippen LogP contribution in [-0.4, -0.2) is 17.9 Å². The summed E-state index contributed by atoms with van der Waals surface area (Å²) in [6.45, 7) is 0.735. The van der Waals surface area contributed by atoms with Gasteiger partial charge in [0.05, 0.1) is 0 Å². The number of alkyl halides is 1. The second-order valence-corrected chi connectivity index (χ2v) is 4.85. The first kappa shape index (κ1) is 10.3. The first-order valence-electron chi connectivity index (χ1n) is 5.73. The van der Waals surface area contributed by atoms with Crippen LogP contribution in [0.2, 0.25) is 0 Å². The average molecular weight is 238 g/mol. The van der Waals surface area contributed by atoms with E-state index in [1.807, 2.05) is 6.07 Å². The summed E-state index contributed by atoms with van der Waals surface area (Å²) in [5, 5.41) is 0.588. The minimum absolute atomic E-state index is 0.558. The van der Waals surface area contributed by atoms with Crippen LogP contribution in [0.15, 0.2) is 17.1 Å². The highest BCUT2D eigenvalue weighted by Crippen LogP contribution is 2.31. The van der Waals surface area contributed by atoms with Gasteiger partial charge in [-0.1, -0.05) is 23.7 Å². The summed E-state index contributed by atoms with van der Waals surface area (Å²) < 4.78 is 13.5. The molecule has 1 atom stereocenters. The number of hydrogen-bond acceptors (Lipinski definition) is 1. The van der Waals surface area contributed by atoms with Crippen molar-refractivity contribution in [3.05, 3.63) is 34.4 Å². The summed E-state index contributed by atoms with van der Waals surface area (Å²) in [6.07, 6.45) is 2.30. The van der Waals surface area contributed by atoms with Gasteiger partial charge < -0.3 is 0 Å². The molecule has 0 aromatic heterocycles. The quantitative estimate of drug-likeness (QED) is 0.658. The molecule has 0 bridgehead atoms. The Balaban J connectivity index is 2.15. The van der Waals surface area contributed by atoms with Crippen molar-refractivity contribution in [1.29, 1.82) is 0 Å². The number of halogens is 2. The smallest absolute Gasteiger partial charge is 0.131 e. The lowest BCUT2D eigenvalue weighted by Crippen LogP contribution is -2.20. The van der Waals surface area contributed by atoms with Crippen LogP contribution in [0.3, 0.4) is 0 Å². The number of aryl methyl sites for hydroxylation is 1. The van der Waals surface area contributed by atoms with Gasteiger partial charge in [0.25, 0.3) is 0 Å². The molecule has 3 rings (SSSR count). The minimum atomic E-state index is -0.684. The normalized spacial score (nSPS) is 23.4. The van der Waals surface area contributed by atoms with Gasteiger partial charge in [-0.05, 0) is 36.0 Å². The maximum Gasteiger partial charge on any atom is 0.131 e. The van der Waals surface area contributed by atoms with Crippen molar-refractivity contribution in [2.75, 3.05) is 6.54 Å². The predicted molar refractivity (Wildman–Crippen MR) is 64.3 cm³/mol. The van der Waals surface area contributed by atoms with E-state index < -0.39 is 6.17 Å². The Bertz CT molecular complexity index is 467. The van der Waals surface area contributed by atoms with E-state index in [0.717, 1.165) is 24.9 Å². The number of rotatable bonds is 0. The molecular formula is C13H13ClFN. The summed E-state index contributed by atoms with van der Waals surface area (Å²) >= 11 is 6.08. The molecule has 1 aromatic carbocycles. The second-order valence-electron chi connectivity index (χ2n) is 4.49. The molecule has 2 aliphatic rings. The molecule has 16 heavy (non-hydrogen) atoms. The Morgan fingerprint density at radius 1 is 1.25 bits per heavy atom. The molecule has 0 N–H and O–H groups in total. The summed E-state index contributed by atoms with van der Waals surface area (Å²) in [6, 6.07) is 4.13. The SMILES string of the molecule is FC1CCc2ccc3c(c2C1)CCN=C3Cl. The van der Waals surface area contributed by atoms with Gasteiger partial charge in [-0.3, -0.25) is 4.99 Å². The molecule has 1 nitrogen and oxygen atoms in total. The lowest BCUT2D eigenvalue weighted by Gasteiger charge is -2.25. The highest BCUT2D eigenvalue weighted by atomic mass is 35.5. The molecule has 0 fully saturated rings. The zero-order valence-corrected chi connectivity index (χ0v) is 9.73. The van der Waals surface area contributed by atoms with E-state index >= 15 is 0 Å². The molecule has 0 saturated carbocycles. The van der Waals surface area contributed by atoms with Gasteiger partial charge >= 0.3 is 0 Å². The summed E-state index contributed by atoms with van der Waals surface area (Å²) in [5.41, 5.74) is 4.75. The Morgan fingerprint density at radius 2 is 2.12 bits per heavy atom. The number of benzene rings is 1. The third-order valence-electron chi connectivity index (χ3n) is 3.52. The maximum absolute atomic E-state index is 13.5. The number of aliphatic imine (C=N–C) groups is 1. The van der Waals surface area contributed by atoms with Crippen LogP contribution >= 0.6 is 11.6 Å². The summed E-state index contributed by atoms with van der Waals surface area (Å²) in [7, 11) is 0. The van der Waals surface area contributed by atoms with Crippen molar-refractivity contribution in [3.8, 4) is 0 Å². The Morgan fingerprint density at radius 3 is 3.00 bits per heavy atom. The lowest BCUT2D eigenvalue weighted by molar-refractivity contribution is 0.300. The van der Waals surface area contributed by atoms with Crippen LogP contribution in [0.1, 0.15) is 28.7 Å². The highest BCUT2D eigenvalue weighted by Gasteiger charge is 2.24. The number of nitrogens with zero attached hydrogens (tertiary/aromatic N) is 1. The standard InChI is InChI=1S/C13H13ClFN/c14-13-11-4-2-8-1-3-9(15)7-12(8)10(11)5-6-16-13/h2,4,9H,1,3,5-7H2. The fourth-order valence-electron chi connectivity index (χ4n) is 2.70. The first-order valence-corrected chi connectivity index (χ1v) is 6.11.